The molecule has 0 saturated heterocycles. The van der Waals surface area contributed by atoms with Crippen molar-refractivity contribution in [1.82, 2.24) is 20.2 Å². The van der Waals surface area contributed by atoms with E-state index in [0.29, 0.717) is 0 Å². The van der Waals surface area contributed by atoms with E-state index in [9.17, 15) is 0 Å². The van der Waals surface area contributed by atoms with Gasteiger partial charge in [-0.05, 0) is 40.5 Å². The Labute approximate surface area is 107 Å². The molecule has 0 fully saturated rings. The highest BCUT2D eigenvalue weighted by molar-refractivity contribution is 5.45. The summed E-state index contributed by atoms with van der Waals surface area (Å²) in [6.07, 6.45) is 0. The van der Waals surface area contributed by atoms with Gasteiger partial charge >= 0.3 is 0 Å². The third-order valence-electron chi connectivity index (χ3n) is 2.86. The van der Waals surface area contributed by atoms with Crippen LogP contribution in [0.2, 0.25) is 0 Å². The van der Waals surface area contributed by atoms with Gasteiger partial charge in [-0.2, -0.15) is 4.68 Å². The second kappa shape index (κ2) is 4.40. The number of hydrogen-bond donors (Lipinski definition) is 0. The molecule has 5 heteroatoms. The van der Waals surface area contributed by atoms with Crippen molar-refractivity contribution in [1.29, 1.82) is 0 Å². The van der Waals surface area contributed by atoms with Gasteiger partial charge in [-0.25, -0.2) is 0 Å². The lowest BCUT2D eigenvalue weighted by Crippen LogP contribution is -2.12. The monoisotopic (exact) mass is 246 g/mol. The molecule has 96 valence electrons. The topological polar surface area (TPSA) is 52.8 Å². The highest BCUT2D eigenvalue weighted by atomic mass is 16.5. The third-order valence-corrected chi connectivity index (χ3v) is 2.86. The van der Waals surface area contributed by atoms with E-state index in [4.69, 9.17) is 4.74 Å². The van der Waals surface area contributed by atoms with Crippen molar-refractivity contribution in [3.05, 3.63) is 29.6 Å². The number of aryl methyl sites for hydroxylation is 1. The van der Waals surface area contributed by atoms with Gasteiger partial charge in [0.25, 0.3) is 0 Å². The molecule has 0 aliphatic rings. The molecule has 1 aromatic carbocycles. The molecule has 0 unspecified atom stereocenters. The summed E-state index contributed by atoms with van der Waals surface area (Å²) in [7, 11) is 1.66. The summed E-state index contributed by atoms with van der Waals surface area (Å²) in [4.78, 5) is 0. The fraction of sp³-hybridized carbons (Fsp3) is 0.462. The second-order valence-electron chi connectivity index (χ2n) is 5.31. The van der Waals surface area contributed by atoms with E-state index in [-0.39, 0.29) is 5.41 Å². The van der Waals surface area contributed by atoms with Crippen molar-refractivity contribution in [2.45, 2.75) is 33.1 Å². The van der Waals surface area contributed by atoms with E-state index < -0.39 is 0 Å². The van der Waals surface area contributed by atoms with Crippen molar-refractivity contribution >= 4 is 0 Å². The second-order valence-corrected chi connectivity index (χ2v) is 5.31. The Morgan fingerprint density at radius 3 is 2.39 bits per heavy atom. The molecule has 0 bridgehead atoms. The maximum absolute atomic E-state index is 5.35. The molecule has 18 heavy (non-hydrogen) atoms. The fourth-order valence-electron chi connectivity index (χ4n) is 1.73. The summed E-state index contributed by atoms with van der Waals surface area (Å²) in [6.45, 7) is 8.37. The quantitative estimate of drug-likeness (QED) is 0.815. The molecule has 1 heterocycles. The van der Waals surface area contributed by atoms with Crippen LogP contribution in [-0.2, 0) is 5.41 Å². The van der Waals surface area contributed by atoms with Crippen LogP contribution >= 0.6 is 0 Å². The predicted molar refractivity (Wildman–Crippen MR) is 69.1 cm³/mol. The van der Waals surface area contributed by atoms with Crippen LogP contribution in [0.3, 0.4) is 0 Å². The third kappa shape index (κ3) is 2.34. The van der Waals surface area contributed by atoms with E-state index in [1.165, 1.54) is 5.56 Å². The Bertz CT molecular complexity index is 554. The van der Waals surface area contributed by atoms with Gasteiger partial charge < -0.3 is 4.74 Å². The minimum absolute atomic E-state index is 0.0468. The molecular formula is C13H18N4O. The molecule has 5 nitrogen and oxygen atoms in total. The number of rotatable bonds is 2. The largest absolute Gasteiger partial charge is 0.497 e. The summed E-state index contributed by atoms with van der Waals surface area (Å²) in [6, 6.07) is 6.06. The van der Waals surface area contributed by atoms with Crippen molar-refractivity contribution in [2.24, 2.45) is 0 Å². The molecule has 0 atom stereocenters. The zero-order valence-electron chi connectivity index (χ0n) is 11.4. The smallest absolute Gasteiger partial charge is 0.153 e. The maximum Gasteiger partial charge on any atom is 0.153 e. The van der Waals surface area contributed by atoms with Crippen LogP contribution in [0.4, 0.5) is 0 Å². The van der Waals surface area contributed by atoms with Gasteiger partial charge in [0.2, 0.25) is 0 Å². The Morgan fingerprint density at radius 2 is 1.89 bits per heavy atom. The zero-order chi connectivity index (χ0) is 13.3. The average Bonchev–Trinajstić information content (AvgIpc) is 2.73. The number of methoxy groups -OCH3 is 1. The molecule has 0 amide bonds. The lowest BCUT2D eigenvalue weighted by Gasteiger charge is -2.21. The van der Waals surface area contributed by atoms with E-state index in [2.05, 4.69) is 42.4 Å². The molecule has 2 rings (SSSR count). The van der Waals surface area contributed by atoms with E-state index in [0.717, 1.165) is 17.3 Å². The van der Waals surface area contributed by atoms with Crippen LogP contribution in [0.15, 0.2) is 18.2 Å². The molecular weight excluding hydrogens is 228 g/mol. The Kier molecular flexibility index (Phi) is 3.07. The zero-order valence-corrected chi connectivity index (χ0v) is 11.4. The summed E-state index contributed by atoms with van der Waals surface area (Å²) in [5.74, 6) is 1.57. The van der Waals surface area contributed by atoms with Crippen LogP contribution < -0.4 is 4.74 Å². The number of ether oxygens (including phenoxy) is 1. The Hall–Kier alpha value is -1.91. The number of hydrogen-bond acceptors (Lipinski definition) is 4. The molecule has 0 N–H and O–H groups in total. The van der Waals surface area contributed by atoms with Gasteiger partial charge in [0.15, 0.2) is 5.82 Å². The fourth-order valence-corrected chi connectivity index (χ4v) is 1.73. The van der Waals surface area contributed by atoms with Crippen LogP contribution in [0.5, 0.6) is 5.75 Å². The predicted octanol–water partition coefficient (Wildman–Crippen LogP) is 2.28. The summed E-state index contributed by atoms with van der Waals surface area (Å²) >= 11 is 0. The van der Waals surface area contributed by atoms with Gasteiger partial charge in [0.05, 0.1) is 12.8 Å². The highest BCUT2D eigenvalue weighted by Crippen LogP contribution is 2.28. The summed E-state index contributed by atoms with van der Waals surface area (Å²) in [5, 5.41) is 11.6. The maximum atomic E-state index is 5.35. The van der Waals surface area contributed by atoms with Gasteiger partial charge in [-0.3, -0.25) is 0 Å². The summed E-state index contributed by atoms with van der Waals surface area (Å²) in [5.41, 5.74) is 2.15. The van der Waals surface area contributed by atoms with E-state index in [1.54, 1.807) is 11.8 Å². The van der Waals surface area contributed by atoms with Gasteiger partial charge in [-0.15, -0.1) is 5.10 Å². The molecule has 0 aliphatic carbocycles. The highest BCUT2D eigenvalue weighted by Gasteiger charge is 2.17. The number of tetrazole rings is 1. The minimum Gasteiger partial charge on any atom is -0.497 e. The summed E-state index contributed by atoms with van der Waals surface area (Å²) < 4.78 is 7.05. The Morgan fingerprint density at radius 1 is 1.17 bits per heavy atom. The first kappa shape index (κ1) is 12.5. The minimum atomic E-state index is 0.0468. The van der Waals surface area contributed by atoms with E-state index >= 15 is 0 Å². The van der Waals surface area contributed by atoms with Crippen LogP contribution in [0.1, 0.15) is 32.2 Å². The Balaban J connectivity index is 2.58. The molecule has 1 aromatic heterocycles. The number of aromatic nitrogens is 4. The van der Waals surface area contributed by atoms with Gasteiger partial charge in [0, 0.05) is 6.07 Å². The standard InChI is InChI=1S/C13H18N4O/c1-9-14-15-16-17(9)11-6-10(13(2,3)4)7-12(8-11)18-5/h6-8H,1-5H3. The average molecular weight is 246 g/mol. The first-order chi connectivity index (χ1) is 8.41. The van der Waals surface area contributed by atoms with Crippen LogP contribution in [0, 0.1) is 6.92 Å². The first-order valence-corrected chi connectivity index (χ1v) is 5.87. The van der Waals surface area contributed by atoms with Gasteiger partial charge in [0.1, 0.15) is 5.75 Å². The van der Waals surface area contributed by atoms with Crippen molar-refractivity contribution in [2.75, 3.05) is 7.11 Å². The van der Waals surface area contributed by atoms with Crippen molar-refractivity contribution in [3.8, 4) is 11.4 Å². The van der Waals surface area contributed by atoms with Crippen molar-refractivity contribution < 1.29 is 4.74 Å². The first-order valence-electron chi connectivity index (χ1n) is 5.87. The number of nitrogens with zero attached hydrogens (tertiary/aromatic N) is 4. The molecule has 0 aliphatic heterocycles. The van der Waals surface area contributed by atoms with Crippen LogP contribution in [0.25, 0.3) is 5.69 Å². The SMILES string of the molecule is COc1cc(-n2nnnc2C)cc(C(C)(C)C)c1. The van der Waals surface area contributed by atoms with Crippen LogP contribution in [-0.4, -0.2) is 27.3 Å². The van der Waals surface area contributed by atoms with Crippen molar-refractivity contribution in [3.63, 3.8) is 0 Å². The molecule has 0 spiro atoms. The molecule has 0 radical (unpaired) electrons. The lowest BCUT2D eigenvalue weighted by atomic mass is 9.86. The number of benzene rings is 1. The van der Waals surface area contributed by atoms with E-state index in [1.807, 2.05) is 19.1 Å². The normalized spacial score (nSPS) is 11.6. The lowest BCUT2D eigenvalue weighted by molar-refractivity contribution is 0.412. The molecule has 0 saturated carbocycles. The molecule has 2 aromatic rings. The van der Waals surface area contributed by atoms with Gasteiger partial charge in [-0.1, -0.05) is 20.8 Å².